The first kappa shape index (κ1) is 14.8. The van der Waals surface area contributed by atoms with E-state index in [2.05, 4.69) is 15.0 Å². The molecule has 5 N–H and O–H groups in total. The maximum atomic E-state index is 10.7. The molecule has 0 aromatic carbocycles. The summed E-state index contributed by atoms with van der Waals surface area (Å²) in [4.78, 5) is 29.3. The summed E-state index contributed by atoms with van der Waals surface area (Å²) in [7, 11) is -4.24. The van der Waals surface area contributed by atoms with Crippen LogP contribution < -0.4 is 5.73 Å². The van der Waals surface area contributed by atoms with E-state index in [1.807, 2.05) is 0 Å². The van der Waals surface area contributed by atoms with E-state index in [1.54, 1.807) is 0 Å². The summed E-state index contributed by atoms with van der Waals surface area (Å²) < 4.78 is 17.1. The highest BCUT2D eigenvalue weighted by atomic mass is 31.2. The van der Waals surface area contributed by atoms with Crippen LogP contribution in [-0.2, 0) is 9.30 Å². The van der Waals surface area contributed by atoms with Gasteiger partial charge in [-0.1, -0.05) is 0 Å². The SMILES string of the molecule is Nc1ncnc2c1ncn2C(CO)COCP(=O)(O)O. The number of hydrogen-bond donors (Lipinski definition) is 4. The zero-order valence-corrected chi connectivity index (χ0v) is 11.2. The highest BCUT2D eigenvalue weighted by molar-refractivity contribution is 7.51. The third-order valence-corrected chi connectivity index (χ3v) is 3.08. The summed E-state index contributed by atoms with van der Waals surface area (Å²) in [6, 6.07) is -0.583. The summed E-state index contributed by atoms with van der Waals surface area (Å²) in [6.45, 7) is -0.409. The van der Waals surface area contributed by atoms with Crippen molar-refractivity contribution in [2.45, 2.75) is 6.04 Å². The fourth-order valence-corrected chi connectivity index (χ4v) is 2.01. The first-order valence-electron chi connectivity index (χ1n) is 5.58. The maximum absolute atomic E-state index is 10.7. The fraction of sp³-hybridized carbons (Fsp3) is 0.444. The van der Waals surface area contributed by atoms with Crippen LogP contribution in [0.25, 0.3) is 11.2 Å². The fourth-order valence-electron chi connectivity index (χ4n) is 1.67. The van der Waals surface area contributed by atoms with Gasteiger partial charge in [-0.2, -0.15) is 0 Å². The molecule has 2 aromatic rings. The van der Waals surface area contributed by atoms with E-state index in [4.69, 9.17) is 20.3 Å². The van der Waals surface area contributed by atoms with Crippen LogP contribution in [0.2, 0.25) is 0 Å². The van der Waals surface area contributed by atoms with E-state index in [1.165, 1.54) is 17.2 Å². The van der Waals surface area contributed by atoms with E-state index in [0.717, 1.165) is 0 Å². The average Bonchev–Trinajstić information content (AvgIpc) is 2.79. The number of nitrogens with zero attached hydrogens (tertiary/aromatic N) is 4. The summed E-state index contributed by atoms with van der Waals surface area (Å²) in [5.41, 5.74) is 6.45. The number of rotatable bonds is 6. The van der Waals surface area contributed by atoms with Crippen LogP contribution in [0, 0.1) is 0 Å². The minimum atomic E-state index is -4.24. The monoisotopic (exact) mass is 303 g/mol. The predicted molar refractivity (Wildman–Crippen MR) is 68.7 cm³/mol. The van der Waals surface area contributed by atoms with Gasteiger partial charge in [-0.05, 0) is 0 Å². The van der Waals surface area contributed by atoms with Crippen LogP contribution in [0.3, 0.4) is 0 Å². The molecule has 2 rings (SSSR count). The molecule has 0 fully saturated rings. The molecule has 0 saturated carbocycles. The Kier molecular flexibility index (Phi) is 4.31. The lowest BCUT2D eigenvalue weighted by atomic mass is 10.3. The Morgan fingerprint density at radius 1 is 1.40 bits per heavy atom. The molecule has 0 spiro atoms. The number of imidazole rings is 1. The third kappa shape index (κ3) is 3.30. The Bertz CT molecular complexity index is 641. The van der Waals surface area contributed by atoms with Crippen molar-refractivity contribution in [2.75, 3.05) is 25.3 Å². The van der Waals surface area contributed by atoms with Gasteiger partial charge >= 0.3 is 7.60 Å². The summed E-state index contributed by atoms with van der Waals surface area (Å²) in [5.74, 6) is 0.210. The Labute approximate surface area is 113 Å². The number of fused-ring (bicyclic) bond motifs is 1. The van der Waals surface area contributed by atoms with Gasteiger partial charge in [0.05, 0.1) is 25.6 Å². The average molecular weight is 303 g/mol. The van der Waals surface area contributed by atoms with Crippen LogP contribution in [0.1, 0.15) is 6.04 Å². The molecular formula is C9H14N5O5P. The molecule has 0 aliphatic heterocycles. The second kappa shape index (κ2) is 5.81. The van der Waals surface area contributed by atoms with Crippen molar-refractivity contribution in [1.29, 1.82) is 0 Å². The quantitative estimate of drug-likeness (QED) is 0.496. The van der Waals surface area contributed by atoms with Crippen molar-refractivity contribution in [3.05, 3.63) is 12.7 Å². The van der Waals surface area contributed by atoms with Crippen LogP contribution >= 0.6 is 7.60 Å². The lowest BCUT2D eigenvalue weighted by Gasteiger charge is -2.16. The number of nitrogen functional groups attached to an aromatic ring is 1. The molecule has 11 heteroatoms. The topological polar surface area (TPSA) is 157 Å². The van der Waals surface area contributed by atoms with Crippen LogP contribution in [-0.4, -0.2) is 54.0 Å². The lowest BCUT2D eigenvalue weighted by molar-refractivity contribution is 0.0951. The zero-order valence-electron chi connectivity index (χ0n) is 10.3. The molecule has 2 heterocycles. The Hall–Kier alpha value is -1.58. The molecule has 0 amide bonds. The molecule has 2 aromatic heterocycles. The van der Waals surface area contributed by atoms with Crippen molar-refractivity contribution >= 4 is 24.6 Å². The number of aliphatic hydroxyl groups is 1. The number of aliphatic hydroxyl groups excluding tert-OH is 1. The van der Waals surface area contributed by atoms with Crippen molar-refractivity contribution in [1.82, 2.24) is 19.5 Å². The Balaban J connectivity index is 2.18. The van der Waals surface area contributed by atoms with Crippen molar-refractivity contribution in [2.24, 2.45) is 0 Å². The van der Waals surface area contributed by atoms with E-state index < -0.39 is 20.0 Å². The normalized spacial score (nSPS) is 13.8. The van der Waals surface area contributed by atoms with Gasteiger partial charge in [0, 0.05) is 0 Å². The van der Waals surface area contributed by atoms with Crippen LogP contribution in [0.5, 0.6) is 0 Å². The molecule has 20 heavy (non-hydrogen) atoms. The van der Waals surface area contributed by atoms with E-state index >= 15 is 0 Å². The van der Waals surface area contributed by atoms with Gasteiger partial charge in [0.25, 0.3) is 0 Å². The van der Waals surface area contributed by atoms with Gasteiger partial charge in [0.15, 0.2) is 11.5 Å². The molecule has 110 valence electrons. The second-order valence-electron chi connectivity index (χ2n) is 4.08. The number of hydrogen-bond acceptors (Lipinski definition) is 7. The summed E-state index contributed by atoms with van der Waals surface area (Å²) >= 11 is 0. The largest absolute Gasteiger partial charge is 0.394 e. The highest BCUT2D eigenvalue weighted by Crippen LogP contribution is 2.34. The molecule has 0 saturated heterocycles. The van der Waals surface area contributed by atoms with Crippen LogP contribution in [0.15, 0.2) is 12.7 Å². The Morgan fingerprint density at radius 3 is 2.80 bits per heavy atom. The minimum Gasteiger partial charge on any atom is -0.394 e. The third-order valence-electron chi connectivity index (χ3n) is 2.56. The van der Waals surface area contributed by atoms with Gasteiger partial charge in [-0.25, -0.2) is 15.0 Å². The van der Waals surface area contributed by atoms with E-state index in [0.29, 0.717) is 11.2 Å². The number of ether oxygens (including phenoxy) is 1. The Morgan fingerprint density at radius 2 is 2.15 bits per heavy atom. The summed E-state index contributed by atoms with van der Waals surface area (Å²) in [5, 5.41) is 9.36. The zero-order chi connectivity index (χ0) is 14.8. The molecule has 1 atom stereocenters. The van der Waals surface area contributed by atoms with Gasteiger partial charge in [0.2, 0.25) is 0 Å². The van der Waals surface area contributed by atoms with Gasteiger partial charge in [-0.15, -0.1) is 0 Å². The van der Waals surface area contributed by atoms with Crippen LogP contribution in [0.4, 0.5) is 5.82 Å². The molecule has 0 radical (unpaired) electrons. The minimum absolute atomic E-state index is 0.100. The number of anilines is 1. The molecule has 1 unspecified atom stereocenters. The van der Waals surface area contributed by atoms with Gasteiger partial charge < -0.3 is 29.9 Å². The van der Waals surface area contributed by atoms with Gasteiger partial charge in [0.1, 0.15) is 18.2 Å². The standard InChI is InChI=1S/C9H14N5O5P/c10-8-7-9(12-3-11-8)14(4-13-7)6(1-15)2-19-5-20(16,17)18/h3-4,6,15H,1-2,5H2,(H2,10,11,12)(H2,16,17,18). The first-order valence-corrected chi connectivity index (χ1v) is 7.38. The smallest absolute Gasteiger partial charge is 0.350 e. The molecule has 0 bridgehead atoms. The summed E-state index contributed by atoms with van der Waals surface area (Å²) in [6.07, 6.45) is 1.96. The van der Waals surface area contributed by atoms with E-state index in [9.17, 15) is 9.67 Å². The molecular weight excluding hydrogens is 289 g/mol. The lowest BCUT2D eigenvalue weighted by Crippen LogP contribution is -2.19. The van der Waals surface area contributed by atoms with Crippen molar-refractivity contribution in [3.8, 4) is 0 Å². The molecule has 0 aliphatic carbocycles. The molecule has 0 aliphatic rings. The first-order chi connectivity index (χ1) is 9.42. The van der Waals surface area contributed by atoms with Crippen molar-refractivity contribution < 1.29 is 24.2 Å². The number of aromatic nitrogens is 4. The van der Waals surface area contributed by atoms with E-state index in [-0.39, 0.29) is 19.0 Å². The second-order valence-corrected chi connectivity index (χ2v) is 5.67. The highest BCUT2D eigenvalue weighted by Gasteiger charge is 2.19. The predicted octanol–water partition coefficient (Wildman–Crippen LogP) is -0.906. The number of nitrogens with two attached hydrogens (primary N) is 1. The van der Waals surface area contributed by atoms with Crippen molar-refractivity contribution in [3.63, 3.8) is 0 Å². The van der Waals surface area contributed by atoms with Gasteiger partial charge in [-0.3, -0.25) is 4.57 Å². The molecule has 10 nitrogen and oxygen atoms in total. The maximum Gasteiger partial charge on any atom is 0.350 e.